The highest BCUT2D eigenvalue weighted by molar-refractivity contribution is 5.77. The molecule has 0 aliphatic carbocycles. The van der Waals surface area contributed by atoms with E-state index in [0.29, 0.717) is 26.2 Å². The van der Waals surface area contributed by atoms with Gasteiger partial charge in [0.05, 0.1) is 25.4 Å². The van der Waals surface area contributed by atoms with Gasteiger partial charge in [0.1, 0.15) is 5.76 Å². The second kappa shape index (κ2) is 6.36. The van der Waals surface area contributed by atoms with Gasteiger partial charge in [-0.3, -0.25) is 4.79 Å². The molecule has 2 heterocycles. The summed E-state index contributed by atoms with van der Waals surface area (Å²) in [4.78, 5) is 12.3. The quantitative estimate of drug-likeness (QED) is 0.892. The summed E-state index contributed by atoms with van der Waals surface area (Å²) in [5.74, 6) is 0.805. The lowest BCUT2D eigenvalue weighted by atomic mass is 9.88. The average Bonchev–Trinajstić information content (AvgIpc) is 3.03. The van der Waals surface area contributed by atoms with Crippen LogP contribution in [0.4, 0.5) is 0 Å². The van der Waals surface area contributed by atoms with Crippen molar-refractivity contribution in [3.05, 3.63) is 60.1 Å². The molecule has 1 aromatic carbocycles. The summed E-state index contributed by atoms with van der Waals surface area (Å²) in [6, 6.07) is 13.8. The third-order valence-corrected chi connectivity index (χ3v) is 4.09. The lowest BCUT2D eigenvalue weighted by Crippen LogP contribution is -2.48. The van der Waals surface area contributed by atoms with E-state index < -0.39 is 0 Å². The Morgan fingerprint density at radius 1 is 1.23 bits per heavy atom. The molecule has 2 aromatic rings. The van der Waals surface area contributed by atoms with Crippen LogP contribution in [0.1, 0.15) is 30.6 Å². The van der Waals surface area contributed by atoms with Gasteiger partial charge in [0, 0.05) is 18.4 Å². The first-order chi connectivity index (χ1) is 10.7. The molecule has 1 saturated heterocycles. The molecule has 22 heavy (non-hydrogen) atoms. The summed E-state index contributed by atoms with van der Waals surface area (Å²) in [6.07, 6.45) is 2.03. The van der Waals surface area contributed by atoms with Crippen LogP contribution in [0.15, 0.2) is 53.1 Å². The van der Waals surface area contributed by atoms with Gasteiger partial charge in [-0.05, 0) is 17.7 Å². The third kappa shape index (κ3) is 3.39. The molecule has 4 heteroatoms. The first kappa shape index (κ1) is 14.9. The van der Waals surface area contributed by atoms with E-state index in [2.05, 4.69) is 12.2 Å². The highest BCUT2D eigenvalue weighted by atomic mass is 16.5. The number of amides is 1. The summed E-state index contributed by atoms with van der Waals surface area (Å²) in [5, 5.41) is 3.03. The molecule has 0 radical (unpaired) electrons. The molecule has 1 amide bonds. The van der Waals surface area contributed by atoms with Crippen molar-refractivity contribution in [1.82, 2.24) is 5.32 Å². The van der Waals surface area contributed by atoms with Gasteiger partial charge >= 0.3 is 0 Å². The molecular weight excluding hydrogens is 278 g/mol. The average molecular weight is 299 g/mol. The van der Waals surface area contributed by atoms with E-state index >= 15 is 0 Å². The molecule has 1 atom stereocenters. The largest absolute Gasteiger partial charge is 0.469 e. The molecular formula is C18H21NO3. The number of carbonyl (C=O) groups is 1. The molecule has 0 spiro atoms. The van der Waals surface area contributed by atoms with Crippen LogP contribution in [0.5, 0.6) is 0 Å². The second-order valence-corrected chi connectivity index (χ2v) is 6.26. The highest BCUT2D eigenvalue weighted by Gasteiger charge is 2.33. The number of nitrogens with one attached hydrogen (secondary N) is 1. The number of furan rings is 1. The molecule has 0 saturated carbocycles. The van der Waals surface area contributed by atoms with Crippen molar-refractivity contribution < 1.29 is 13.9 Å². The Bertz CT molecular complexity index is 603. The number of hydrogen-bond donors (Lipinski definition) is 1. The number of benzene rings is 1. The van der Waals surface area contributed by atoms with E-state index in [1.165, 1.54) is 0 Å². The van der Waals surface area contributed by atoms with Crippen molar-refractivity contribution >= 4 is 5.91 Å². The van der Waals surface area contributed by atoms with Gasteiger partial charge in [0.2, 0.25) is 5.91 Å². The van der Waals surface area contributed by atoms with Crippen LogP contribution >= 0.6 is 0 Å². The monoisotopic (exact) mass is 299 g/mol. The fourth-order valence-corrected chi connectivity index (χ4v) is 2.68. The van der Waals surface area contributed by atoms with Gasteiger partial charge in [-0.25, -0.2) is 0 Å². The Hall–Kier alpha value is -2.07. The van der Waals surface area contributed by atoms with E-state index in [-0.39, 0.29) is 17.2 Å². The lowest BCUT2D eigenvalue weighted by molar-refractivity contribution is -0.127. The van der Waals surface area contributed by atoms with Crippen molar-refractivity contribution in [2.75, 3.05) is 19.8 Å². The van der Waals surface area contributed by atoms with Crippen LogP contribution < -0.4 is 5.32 Å². The molecule has 1 aromatic heterocycles. The number of carbonyl (C=O) groups excluding carboxylic acids is 1. The van der Waals surface area contributed by atoms with Crippen LogP contribution in [0.2, 0.25) is 0 Å². The third-order valence-electron chi connectivity index (χ3n) is 4.09. The summed E-state index contributed by atoms with van der Waals surface area (Å²) in [7, 11) is 0. The first-order valence-corrected chi connectivity index (χ1v) is 7.59. The first-order valence-electron chi connectivity index (χ1n) is 7.59. The smallest absolute Gasteiger partial charge is 0.221 e. The Balaban J connectivity index is 1.66. The van der Waals surface area contributed by atoms with E-state index in [1.807, 2.05) is 42.5 Å². The molecule has 0 unspecified atom stereocenters. The maximum atomic E-state index is 12.3. The summed E-state index contributed by atoms with van der Waals surface area (Å²) >= 11 is 0. The predicted molar refractivity (Wildman–Crippen MR) is 83.5 cm³/mol. The predicted octanol–water partition coefficient (Wildman–Crippen LogP) is 2.95. The fraction of sp³-hybridized carbons (Fsp3) is 0.389. The minimum absolute atomic E-state index is 0.0402. The van der Waals surface area contributed by atoms with Crippen LogP contribution in [-0.2, 0) is 9.53 Å². The van der Waals surface area contributed by atoms with Gasteiger partial charge in [0.25, 0.3) is 0 Å². The zero-order chi connectivity index (χ0) is 15.4. The Morgan fingerprint density at radius 2 is 2.00 bits per heavy atom. The summed E-state index contributed by atoms with van der Waals surface area (Å²) in [6.45, 7) is 4.21. The van der Waals surface area contributed by atoms with Crippen LogP contribution in [0, 0.1) is 5.41 Å². The maximum Gasteiger partial charge on any atom is 0.221 e. The molecule has 1 aliphatic heterocycles. The SMILES string of the molecule is CC1(CNC(=O)C[C@@H](c2ccccc2)c2ccco2)COC1. The van der Waals surface area contributed by atoms with E-state index in [0.717, 1.165) is 11.3 Å². The Morgan fingerprint density at radius 3 is 2.59 bits per heavy atom. The van der Waals surface area contributed by atoms with Crippen molar-refractivity contribution in [3.63, 3.8) is 0 Å². The minimum atomic E-state index is -0.0540. The zero-order valence-corrected chi connectivity index (χ0v) is 12.7. The van der Waals surface area contributed by atoms with Crippen molar-refractivity contribution in [2.45, 2.75) is 19.3 Å². The van der Waals surface area contributed by atoms with Crippen molar-refractivity contribution in [2.24, 2.45) is 5.41 Å². The minimum Gasteiger partial charge on any atom is -0.469 e. The highest BCUT2D eigenvalue weighted by Crippen LogP contribution is 2.29. The van der Waals surface area contributed by atoms with Crippen molar-refractivity contribution in [3.8, 4) is 0 Å². The number of rotatable bonds is 6. The Kier molecular flexibility index (Phi) is 4.29. The molecule has 3 rings (SSSR count). The second-order valence-electron chi connectivity index (χ2n) is 6.26. The number of ether oxygens (including phenoxy) is 1. The summed E-state index contributed by atoms with van der Waals surface area (Å²) in [5.41, 5.74) is 1.17. The van der Waals surface area contributed by atoms with Gasteiger partial charge in [0.15, 0.2) is 0 Å². The molecule has 0 bridgehead atoms. The maximum absolute atomic E-state index is 12.3. The Labute approximate surface area is 130 Å². The molecule has 1 fully saturated rings. The normalized spacial score (nSPS) is 17.5. The summed E-state index contributed by atoms with van der Waals surface area (Å²) < 4.78 is 10.7. The molecule has 1 N–H and O–H groups in total. The van der Waals surface area contributed by atoms with E-state index in [9.17, 15) is 4.79 Å². The molecule has 116 valence electrons. The van der Waals surface area contributed by atoms with Crippen molar-refractivity contribution in [1.29, 1.82) is 0 Å². The van der Waals surface area contributed by atoms with Crippen LogP contribution in [0.25, 0.3) is 0 Å². The topological polar surface area (TPSA) is 51.5 Å². The van der Waals surface area contributed by atoms with Gasteiger partial charge in [-0.15, -0.1) is 0 Å². The van der Waals surface area contributed by atoms with E-state index in [1.54, 1.807) is 6.26 Å². The zero-order valence-electron chi connectivity index (χ0n) is 12.7. The number of hydrogen-bond acceptors (Lipinski definition) is 3. The van der Waals surface area contributed by atoms with E-state index in [4.69, 9.17) is 9.15 Å². The van der Waals surface area contributed by atoms with Gasteiger partial charge in [-0.2, -0.15) is 0 Å². The van der Waals surface area contributed by atoms with Gasteiger partial charge < -0.3 is 14.5 Å². The molecule has 1 aliphatic rings. The fourth-order valence-electron chi connectivity index (χ4n) is 2.68. The molecule has 4 nitrogen and oxygen atoms in total. The standard InChI is InChI=1S/C18H21NO3/c1-18(12-21-13-18)11-19-17(20)10-15(16-8-5-9-22-16)14-6-3-2-4-7-14/h2-9,15H,10-13H2,1H3,(H,19,20)/t15-/m0/s1. The van der Waals surface area contributed by atoms with Crippen LogP contribution in [0.3, 0.4) is 0 Å². The lowest BCUT2D eigenvalue weighted by Gasteiger charge is -2.38. The van der Waals surface area contributed by atoms with Gasteiger partial charge in [-0.1, -0.05) is 37.3 Å². The van der Waals surface area contributed by atoms with Crippen LogP contribution in [-0.4, -0.2) is 25.7 Å².